The molecule has 8 heteroatoms. The summed E-state index contributed by atoms with van der Waals surface area (Å²) in [5.74, 6) is 0.494. The fourth-order valence-electron chi connectivity index (χ4n) is 9.59. The first-order valence-corrected chi connectivity index (χ1v) is 14.7. The molecule has 8 nitrogen and oxygen atoms in total. The number of hydrogen-bond acceptors (Lipinski definition) is 7. The summed E-state index contributed by atoms with van der Waals surface area (Å²) in [6.45, 7) is 7.53. The molecule has 4 aliphatic carbocycles. The highest BCUT2D eigenvalue weighted by Crippen LogP contribution is 2.71. The van der Waals surface area contributed by atoms with E-state index >= 15 is 0 Å². The van der Waals surface area contributed by atoms with Gasteiger partial charge in [0.15, 0.2) is 0 Å². The van der Waals surface area contributed by atoms with E-state index in [-0.39, 0.29) is 46.4 Å². The lowest BCUT2D eigenvalue weighted by atomic mass is 9.42. The largest absolute Gasteiger partial charge is 0.446 e. The molecule has 38 heavy (non-hydrogen) atoms. The van der Waals surface area contributed by atoms with Crippen LogP contribution in [0.25, 0.3) is 0 Å². The molecule has 6 rings (SSSR count). The van der Waals surface area contributed by atoms with Gasteiger partial charge in [-0.15, -0.1) is 0 Å². The SMILES string of the molecule is CN1CCN(C(=O)O[C@H]2CC[C@]3(C)[C@H]4CC[C@]5(C)[C@@H](c6ccc(=O)oc6)CC[C@]5(O)[C@@H]4CC[C@]3(O)C2)CC1. The van der Waals surface area contributed by atoms with E-state index in [0.717, 1.165) is 63.6 Å². The number of carbonyl (C=O) groups excluding carboxylic acids is 1. The van der Waals surface area contributed by atoms with Gasteiger partial charge in [-0.05, 0) is 93.2 Å². The molecule has 1 aliphatic heterocycles. The number of nitrogens with zero attached hydrogens (tertiary/aromatic N) is 2. The molecule has 5 fully saturated rings. The maximum atomic E-state index is 12.9. The van der Waals surface area contributed by atoms with Gasteiger partial charge in [0.25, 0.3) is 0 Å². The molecule has 2 N–H and O–H groups in total. The first-order chi connectivity index (χ1) is 18.0. The Morgan fingerprint density at radius 1 is 0.947 bits per heavy atom. The molecule has 4 saturated carbocycles. The molecule has 0 spiro atoms. The Morgan fingerprint density at radius 2 is 1.66 bits per heavy atom. The Balaban J connectivity index is 1.18. The van der Waals surface area contributed by atoms with Gasteiger partial charge in [-0.25, -0.2) is 9.59 Å². The highest BCUT2D eigenvalue weighted by atomic mass is 16.6. The summed E-state index contributed by atoms with van der Waals surface area (Å²) in [5, 5.41) is 24.5. The van der Waals surface area contributed by atoms with E-state index in [1.807, 2.05) is 6.07 Å². The molecule has 5 aliphatic rings. The van der Waals surface area contributed by atoms with Gasteiger partial charge < -0.3 is 29.2 Å². The highest BCUT2D eigenvalue weighted by molar-refractivity contribution is 5.68. The third-order valence-corrected chi connectivity index (χ3v) is 12.1. The average molecular weight is 529 g/mol. The number of carbonyl (C=O) groups is 1. The normalized spacial score (nSPS) is 45.1. The number of rotatable bonds is 2. The maximum absolute atomic E-state index is 12.9. The minimum absolute atomic E-state index is 0.122. The van der Waals surface area contributed by atoms with Crippen molar-refractivity contribution in [3.05, 3.63) is 34.4 Å². The van der Waals surface area contributed by atoms with Crippen LogP contribution >= 0.6 is 0 Å². The second kappa shape index (κ2) is 9.07. The first-order valence-electron chi connectivity index (χ1n) is 14.7. The summed E-state index contributed by atoms with van der Waals surface area (Å²) in [6, 6.07) is 3.35. The molecule has 210 valence electrons. The topological polar surface area (TPSA) is 103 Å². The van der Waals surface area contributed by atoms with Crippen molar-refractivity contribution in [3.8, 4) is 0 Å². The zero-order valence-electron chi connectivity index (χ0n) is 23.2. The molecule has 0 aromatic carbocycles. The Kier molecular flexibility index (Phi) is 6.28. The predicted octanol–water partition coefficient (Wildman–Crippen LogP) is 3.75. The van der Waals surface area contributed by atoms with Crippen molar-refractivity contribution >= 4 is 6.09 Å². The van der Waals surface area contributed by atoms with Gasteiger partial charge in [-0.2, -0.15) is 0 Å². The Labute approximate surface area is 225 Å². The Bertz CT molecular complexity index is 1110. The van der Waals surface area contributed by atoms with E-state index in [1.54, 1.807) is 11.2 Å². The van der Waals surface area contributed by atoms with E-state index in [1.165, 1.54) is 6.07 Å². The van der Waals surface area contributed by atoms with Crippen molar-refractivity contribution in [2.45, 2.75) is 94.9 Å². The number of aliphatic hydroxyl groups is 2. The van der Waals surface area contributed by atoms with Gasteiger partial charge in [0.1, 0.15) is 6.10 Å². The predicted molar refractivity (Wildman–Crippen MR) is 142 cm³/mol. The van der Waals surface area contributed by atoms with Crippen molar-refractivity contribution in [1.82, 2.24) is 9.80 Å². The molecular weight excluding hydrogens is 484 g/mol. The first kappa shape index (κ1) is 26.3. The van der Waals surface area contributed by atoms with Crippen LogP contribution in [0.15, 0.2) is 27.6 Å². The monoisotopic (exact) mass is 528 g/mol. The number of likely N-dealkylation sites (N-methyl/N-ethyl adjacent to an activating group) is 1. The molecule has 0 radical (unpaired) electrons. The Morgan fingerprint density at radius 3 is 2.37 bits per heavy atom. The number of ether oxygens (including phenoxy) is 1. The van der Waals surface area contributed by atoms with Gasteiger partial charge >= 0.3 is 11.7 Å². The second-order valence-electron chi connectivity index (χ2n) is 13.6. The molecular formula is C30H44N2O6. The molecule has 0 bridgehead atoms. The van der Waals surface area contributed by atoms with Crippen molar-refractivity contribution in [2.75, 3.05) is 33.2 Å². The minimum atomic E-state index is -0.898. The fraction of sp³-hybridized carbons (Fsp3) is 0.800. The zero-order chi connectivity index (χ0) is 26.9. The molecule has 1 saturated heterocycles. The van der Waals surface area contributed by atoms with E-state index in [2.05, 4.69) is 25.8 Å². The second-order valence-corrected chi connectivity index (χ2v) is 13.6. The third-order valence-electron chi connectivity index (χ3n) is 12.1. The van der Waals surface area contributed by atoms with Crippen LogP contribution in [0.4, 0.5) is 4.79 Å². The molecule has 1 aromatic rings. The van der Waals surface area contributed by atoms with Crippen LogP contribution in [-0.2, 0) is 4.74 Å². The van der Waals surface area contributed by atoms with Crippen LogP contribution in [-0.4, -0.2) is 76.6 Å². The number of amides is 1. The van der Waals surface area contributed by atoms with Crippen molar-refractivity contribution in [2.24, 2.45) is 22.7 Å². The van der Waals surface area contributed by atoms with Crippen molar-refractivity contribution in [3.63, 3.8) is 0 Å². The summed E-state index contributed by atoms with van der Waals surface area (Å²) in [6.07, 6.45) is 7.93. The summed E-state index contributed by atoms with van der Waals surface area (Å²) in [4.78, 5) is 28.4. The number of hydrogen-bond donors (Lipinski definition) is 2. The van der Waals surface area contributed by atoms with Crippen LogP contribution in [0, 0.1) is 22.7 Å². The number of fused-ring (bicyclic) bond motifs is 5. The van der Waals surface area contributed by atoms with E-state index in [9.17, 15) is 19.8 Å². The van der Waals surface area contributed by atoms with Crippen molar-refractivity contribution in [1.29, 1.82) is 0 Å². The van der Waals surface area contributed by atoms with Crippen LogP contribution in [0.3, 0.4) is 0 Å². The van der Waals surface area contributed by atoms with Gasteiger partial charge in [-0.3, -0.25) is 0 Å². The zero-order valence-corrected chi connectivity index (χ0v) is 23.2. The lowest BCUT2D eigenvalue weighted by molar-refractivity contribution is -0.253. The summed E-state index contributed by atoms with van der Waals surface area (Å²) in [5.41, 5.74) is -1.67. The van der Waals surface area contributed by atoms with Gasteiger partial charge in [-0.1, -0.05) is 13.8 Å². The minimum Gasteiger partial charge on any atom is -0.446 e. The summed E-state index contributed by atoms with van der Waals surface area (Å²) < 4.78 is 11.2. The number of piperazine rings is 1. The molecule has 8 atom stereocenters. The Hall–Kier alpha value is -1.90. The smallest absolute Gasteiger partial charge is 0.410 e. The highest BCUT2D eigenvalue weighted by Gasteiger charge is 2.70. The molecule has 2 heterocycles. The van der Waals surface area contributed by atoms with E-state index < -0.39 is 11.2 Å². The summed E-state index contributed by atoms with van der Waals surface area (Å²) in [7, 11) is 2.06. The molecule has 1 amide bonds. The van der Waals surface area contributed by atoms with E-state index in [0.29, 0.717) is 25.9 Å². The lowest BCUT2D eigenvalue weighted by Crippen LogP contribution is -2.67. The van der Waals surface area contributed by atoms with Gasteiger partial charge in [0.2, 0.25) is 0 Å². The fourth-order valence-corrected chi connectivity index (χ4v) is 9.59. The average Bonchev–Trinajstić information content (AvgIpc) is 3.16. The summed E-state index contributed by atoms with van der Waals surface area (Å²) >= 11 is 0. The maximum Gasteiger partial charge on any atom is 0.410 e. The van der Waals surface area contributed by atoms with Crippen LogP contribution in [0.5, 0.6) is 0 Å². The quantitative estimate of drug-likeness (QED) is 0.603. The van der Waals surface area contributed by atoms with Crippen LogP contribution < -0.4 is 5.63 Å². The van der Waals surface area contributed by atoms with Gasteiger partial charge in [0, 0.05) is 44.1 Å². The van der Waals surface area contributed by atoms with Crippen molar-refractivity contribution < 1.29 is 24.2 Å². The van der Waals surface area contributed by atoms with Crippen LogP contribution in [0.1, 0.15) is 83.1 Å². The molecule has 1 aromatic heterocycles. The lowest BCUT2D eigenvalue weighted by Gasteiger charge is -2.66. The third kappa shape index (κ3) is 3.80. The van der Waals surface area contributed by atoms with E-state index in [4.69, 9.17) is 9.15 Å². The molecule has 0 unspecified atom stereocenters. The standard InChI is InChI=1S/C30H44N2O6/c1-27-10-6-21(38-26(34)32-16-14-31(3)15-17-32)18-29(27,35)12-8-24-23(27)7-11-28(2)22(9-13-30(24,28)36)20-4-5-25(33)37-19-20/h4-5,19,21-24,35-36H,6-18H2,1-3H3/t21-,22+,23-,24+,27+,28+,29-,30-/m0/s1. The van der Waals surface area contributed by atoms with Crippen LogP contribution in [0.2, 0.25) is 0 Å². The van der Waals surface area contributed by atoms with Gasteiger partial charge in [0.05, 0.1) is 17.5 Å².